The molecule has 1 aromatic rings. The van der Waals surface area contributed by atoms with Crippen molar-refractivity contribution >= 4 is 10.1 Å². The molecule has 0 saturated carbocycles. The second kappa shape index (κ2) is 7.67. The van der Waals surface area contributed by atoms with Crippen molar-refractivity contribution in [3.8, 4) is 12.3 Å². The van der Waals surface area contributed by atoms with E-state index >= 15 is 0 Å². The van der Waals surface area contributed by atoms with E-state index in [2.05, 4.69) is 5.92 Å². The van der Waals surface area contributed by atoms with E-state index in [1.807, 2.05) is 25.2 Å². The van der Waals surface area contributed by atoms with Crippen LogP contribution < -0.4 is 5.73 Å². The Morgan fingerprint density at radius 1 is 1.43 bits per heavy atom. The highest BCUT2D eigenvalue weighted by molar-refractivity contribution is 7.85. The minimum atomic E-state index is -4.05. The lowest BCUT2D eigenvalue weighted by atomic mass is 10.0. The van der Waals surface area contributed by atoms with E-state index in [0.29, 0.717) is 12.0 Å². The SMILES string of the molecule is C#CC1C=CC(N)=CC1.CCc1ccccc1S(=O)(=O)O. The average Bonchev–Trinajstić information content (AvgIpc) is 2.48. The lowest BCUT2D eigenvalue weighted by Gasteiger charge is -2.06. The van der Waals surface area contributed by atoms with Crippen LogP contribution in [-0.2, 0) is 16.5 Å². The van der Waals surface area contributed by atoms with Crippen LogP contribution in [-0.4, -0.2) is 13.0 Å². The molecule has 1 unspecified atom stereocenters. The predicted molar refractivity (Wildman–Crippen MR) is 84.0 cm³/mol. The van der Waals surface area contributed by atoms with Gasteiger partial charge in [-0.15, -0.1) is 6.42 Å². The first kappa shape index (κ1) is 17.0. The Morgan fingerprint density at radius 3 is 2.52 bits per heavy atom. The Kier molecular flexibility index (Phi) is 6.22. The molecule has 0 bridgehead atoms. The fourth-order valence-electron chi connectivity index (χ4n) is 1.81. The number of nitrogens with two attached hydrogens (primary N) is 1. The third-order valence-electron chi connectivity index (χ3n) is 2.97. The van der Waals surface area contributed by atoms with Crippen molar-refractivity contribution in [3.63, 3.8) is 0 Å². The summed E-state index contributed by atoms with van der Waals surface area (Å²) in [6.07, 6.45) is 12.4. The van der Waals surface area contributed by atoms with Gasteiger partial charge in [0.1, 0.15) is 0 Å². The highest BCUT2D eigenvalue weighted by atomic mass is 32.2. The minimum Gasteiger partial charge on any atom is -0.399 e. The zero-order valence-corrected chi connectivity index (χ0v) is 12.7. The second-order valence-corrected chi connectivity index (χ2v) is 5.90. The third kappa shape index (κ3) is 5.46. The number of allylic oxidation sites excluding steroid dienone is 3. The normalized spacial score (nSPS) is 17.2. The Labute approximate surface area is 126 Å². The molecule has 0 radical (unpaired) electrons. The molecule has 21 heavy (non-hydrogen) atoms. The van der Waals surface area contributed by atoms with Crippen LogP contribution in [0.1, 0.15) is 18.9 Å². The van der Waals surface area contributed by atoms with Crippen LogP contribution in [0.3, 0.4) is 0 Å². The van der Waals surface area contributed by atoms with Crippen LogP contribution >= 0.6 is 0 Å². The van der Waals surface area contributed by atoms with Gasteiger partial charge in [0, 0.05) is 11.6 Å². The standard InChI is InChI=1S/C8H9N.C8H10O3S/c1-2-7-3-5-8(9)6-4-7;1-2-7-5-3-4-6-8(7)12(9,10)11/h1,3,5-7H,4,9H2;3-6H,2H2,1H3,(H,9,10,11). The molecule has 1 aromatic carbocycles. The zero-order valence-electron chi connectivity index (χ0n) is 11.9. The number of benzene rings is 1. The molecule has 1 atom stereocenters. The van der Waals surface area contributed by atoms with Crippen molar-refractivity contribution in [1.82, 2.24) is 0 Å². The summed E-state index contributed by atoms with van der Waals surface area (Å²) in [5, 5.41) is 0. The number of hydrogen-bond acceptors (Lipinski definition) is 3. The highest BCUT2D eigenvalue weighted by Crippen LogP contribution is 2.14. The summed E-state index contributed by atoms with van der Waals surface area (Å²) in [5.74, 6) is 2.90. The van der Waals surface area contributed by atoms with Crippen LogP contribution in [0.25, 0.3) is 0 Å². The van der Waals surface area contributed by atoms with Crippen LogP contribution in [0.15, 0.2) is 53.1 Å². The predicted octanol–water partition coefficient (Wildman–Crippen LogP) is 2.53. The molecule has 0 heterocycles. The topological polar surface area (TPSA) is 80.4 Å². The van der Waals surface area contributed by atoms with Gasteiger partial charge in [-0.3, -0.25) is 4.55 Å². The number of aryl methyl sites for hydroxylation is 1. The third-order valence-corrected chi connectivity index (χ3v) is 3.93. The van der Waals surface area contributed by atoms with Gasteiger partial charge >= 0.3 is 0 Å². The monoisotopic (exact) mass is 305 g/mol. The van der Waals surface area contributed by atoms with Gasteiger partial charge < -0.3 is 5.73 Å². The van der Waals surface area contributed by atoms with Gasteiger partial charge in [-0.2, -0.15) is 8.42 Å². The van der Waals surface area contributed by atoms with Gasteiger partial charge in [0.2, 0.25) is 0 Å². The number of hydrogen-bond donors (Lipinski definition) is 2. The van der Waals surface area contributed by atoms with Crippen molar-refractivity contribution in [2.24, 2.45) is 11.7 Å². The van der Waals surface area contributed by atoms with Gasteiger partial charge in [-0.25, -0.2) is 0 Å². The maximum atomic E-state index is 10.8. The van der Waals surface area contributed by atoms with E-state index in [0.717, 1.165) is 12.1 Å². The fraction of sp³-hybridized carbons (Fsp3) is 0.250. The molecule has 3 N–H and O–H groups in total. The Morgan fingerprint density at radius 2 is 2.10 bits per heavy atom. The summed E-state index contributed by atoms with van der Waals surface area (Å²) >= 11 is 0. The van der Waals surface area contributed by atoms with Crippen molar-refractivity contribution in [2.45, 2.75) is 24.7 Å². The molecule has 112 valence electrons. The molecule has 0 saturated heterocycles. The highest BCUT2D eigenvalue weighted by Gasteiger charge is 2.12. The molecular weight excluding hydrogens is 286 g/mol. The largest absolute Gasteiger partial charge is 0.399 e. The molecule has 1 aliphatic rings. The van der Waals surface area contributed by atoms with E-state index in [1.54, 1.807) is 18.2 Å². The summed E-state index contributed by atoms with van der Waals surface area (Å²) in [7, 11) is -4.05. The van der Waals surface area contributed by atoms with Crippen LogP contribution in [0.5, 0.6) is 0 Å². The number of rotatable bonds is 2. The van der Waals surface area contributed by atoms with Gasteiger partial charge in [0.25, 0.3) is 10.1 Å². The van der Waals surface area contributed by atoms with Gasteiger partial charge in [-0.05, 0) is 30.5 Å². The molecule has 5 heteroatoms. The summed E-state index contributed by atoms with van der Waals surface area (Å²) in [6.45, 7) is 1.84. The molecule has 0 aromatic heterocycles. The zero-order chi connectivity index (χ0) is 15.9. The molecule has 0 amide bonds. The Bertz CT molecular complexity index is 682. The minimum absolute atomic E-state index is 0.00694. The van der Waals surface area contributed by atoms with Crippen molar-refractivity contribution in [1.29, 1.82) is 0 Å². The van der Waals surface area contributed by atoms with Gasteiger partial charge in [-0.1, -0.05) is 43.2 Å². The summed E-state index contributed by atoms with van der Waals surface area (Å²) in [6, 6.07) is 6.41. The van der Waals surface area contributed by atoms with E-state index in [4.69, 9.17) is 16.7 Å². The Hall–Kier alpha value is -2.03. The summed E-state index contributed by atoms with van der Waals surface area (Å²) in [5.41, 5.74) is 6.92. The first-order valence-electron chi connectivity index (χ1n) is 6.53. The maximum absolute atomic E-state index is 10.8. The van der Waals surface area contributed by atoms with Crippen molar-refractivity contribution < 1.29 is 13.0 Å². The number of terminal acetylenes is 1. The molecule has 1 aliphatic carbocycles. The molecule has 0 aliphatic heterocycles. The first-order chi connectivity index (χ1) is 9.88. The molecule has 4 nitrogen and oxygen atoms in total. The lowest BCUT2D eigenvalue weighted by molar-refractivity contribution is 0.482. The fourth-order valence-corrected chi connectivity index (χ4v) is 2.60. The van der Waals surface area contributed by atoms with Crippen LogP contribution in [0.2, 0.25) is 0 Å². The van der Waals surface area contributed by atoms with Gasteiger partial charge in [0.05, 0.1) is 4.90 Å². The molecule has 0 fully saturated rings. The summed E-state index contributed by atoms with van der Waals surface area (Å²) in [4.78, 5) is 0.00694. The van der Waals surface area contributed by atoms with Crippen molar-refractivity contribution in [2.75, 3.05) is 0 Å². The lowest BCUT2D eigenvalue weighted by Crippen LogP contribution is -2.01. The van der Waals surface area contributed by atoms with Gasteiger partial charge in [0.15, 0.2) is 0 Å². The Balaban J connectivity index is 0.000000219. The maximum Gasteiger partial charge on any atom is 0.294 e. The van der Waals surface area contributed by atoms with E-state index in [-0.39, 0.29) is 10.8 Å². The molecule has 0 spiro atoms. The average molecular weight is 305 g/mol. The van der Waals surface area contributed by atoms with E-state index in [9.17, 15) is 8.42 Å². The van der Waals surface area contributed by atoms with Crippen molar-refractivity contribution in [3.05, 3.63) is 53.8 Å². The first-order valence-corrected chi connectivity index (χ1v) is 7.97. The second-order valence-electron chi connectivity index (χ2n) is 4.51. The quantitative estimate of drug-likeness (QED) is 0.650. The molecular formula is C16H19NO3S. The van der Waals surface area contributed by atoms with Crippen LogP contribution in [0, 0.1) is 18.3 Å². The smallest absolute Gasteiger partial charge is 0.294 e. The summed E-state index contributed by atoms with van der Waals surface area (Å²) < 4.78 is 30.3. The van der Waals surface area contributed by atoms with E-state index < -0.39 is 10.1 Å². The molecule has 2 rings (SSSR count). The van der Waals surface area contributed by atoms with Crippen LogP contribution in [0.4, 0.5) is 0 Å². The van der Waals surface area contributed by atoms with E-state index in [1.165, 1.54) is 6.07 Å².